The molecule has 4 unspecified atom stereocenters. The van der Waals surface area contributed by atoms with E-state index in [1.54, 1.807) is 0 Å². The molecular weight excluding hydrogens is 392 g/mol. The van der Waals surface area contributed by atoms with Gasteiger partial charge in [0.2, 0.25) is 0 Å². The molecule has 10 atom stereocenters. The van der Waals surface area contributed by atoms with Crippen LogP contribution in [0.25, 0.3) is 0 Å². The molecule has 4 N–H and O–H groups in total. The number of fused-ring (bicyclic) bond motifs is 5. The monoisotopic (exact) mass is 446 g/mol. The standard InChI is InChI=1S/C29H54N2O/c1-19(2)7-6-8-20(3)23-9-10-24-27-25(12-14-29(23,24)5)28(4)13-11-22(31-16-15-30)17-21(28)18-26(27)32/h19-27,31-32H,6-18,30H2,1-5H3/t20?,21-,22-,23-,24?,25?,26-,27?,28+,29-/m1/s1. The number of rotatable bonds is 8. The van der Waals surface area contributed by atoms with Crippen molar-refractivity contribution in [1.82, 2.24) is 5.32 Å². The quantitative estimate of drug-likeness (QED) is 0.429. The van der Waals surface area contributed by atoms with Crippen molar-refractivity contribution in [3.05, 3.63) is 0 Å². The minimum atomic E-state index is -0.0778. The molecule has 0 aromatic carbocycles. The lowest BCUT2D eigenvalue weighted by molar-refractivity contribution is -0.167. The summed E-state index contributed by atoms with van der Waals surface area (Å²) in [6.07, 6.45) is 14.6. The first kappa shape index (κ1) is 25.0. The van der Waals surface area contributed by atoms with Crippen molar-refractivity contribution in [3.63, 3.8) is 0 Å². The van der Waals surface area contributed by atoms with Gasteiger partial charge in [0.15, 0.2) is 0 Å². The van der Waals surface area contributed by atoms with Crippen LogP contribution in [0.1, 0.15) is 105 Å². The van der Waals surface area contributed by atoms with Crippen LogP contribution in [-0.2, 0) is 0 Å². The molecular formula is C29H54N2O. The summed E-state index contributed by atoms with van der Waals surface area (Å²) in [5.41, 5.74) is 6.64. The Bertz CT molecular complexity index is 622. The van der Waals surface area contributed by atoms with Gasteiger partial charge in [-0.2, -0.15) is 0 Å². The van der Waals surface area contributed by atoms with E-state index in [0.717, 1.165) is 49.1 Å². The fourth-order valence-corrected chi connectivity index (χ4v) is 9.72. The average molecular weight is 447 g/mol. The van der Waals surface area contributed by atoms with Crippen molar-refractivity contribution in [2.45, 2.75) is 117 Å². The Hall–Kier alpha value is -0.120. The Morgan fingerprint density at radius 1 is 0.938 bits per heavy atom. The van der Waals surface area contributed by atoms with Gasteiger partial charge in [0.1, 0.15) is 0 Å². The van der Waals surface area contributed by atoms with Crippen molar-refractivity contribution in [2.24, 2.45) is 58.0 Å². The first-order valence-corrected chi connectivity index (χ1v) is 14.3. The summed E-state index contributed by atoms with van der Waals surface area (Å²) < 4.78 is 0. The molecule has 186 valence electrons. The first-order valence-electron chi connectivity index (χ1n) is 14.3. The molecule has 4 fully saturated rings. The van der Waals surface area contributed by atoms with Crippen LogP contribution < -0.4 is 11.1 Å². The Morgan fingerprint density at radius 2 is 1.66 bits per heavy atom. The fraction of sp³-hybridized carbons (Fsp3) is 1.00. The molecule has 0 spiro atoms. The van der Waals surface area contributed by atoms with E-state index in [1.165, 1.54) is 64.2 Å². The van der Waals surface area contributed by atoms with E-state index in [0.29, 0.717) is 28.7 Å². The van der Waals surface area contributed by atoms with Crippen LogP contribution in [0.4, 0.5) is 0 Å². The van der Waals surface area contributed by atoms with Gasteiger partial charge in [0.05, 0.1) is 6.10 Å². The average Bonchev–Trinajstić information content (AvgIpc) is 3.10. The van der Waals surface area contributed by atoms with Crippen molar-refractivity contribution >= 4 is 0 Å². The Morgan fingerprint density at radius 3 is 2.38 bits per heavy atom. The van der Waals surface area contributed by atoms with E-state index in [1.807, 2.05) is 0 Å². The molecule has 0 aromatic rings. The molecule has 0 amide bonds. The SMILES string of the molecule is CC(C)CCCC(C)[C@H]1CCC2C3C(CC[C@@]21C)[C@@]1(C)CC[C@@H](NCCN)C[C@@H]1C[C@H]3O. The third-order valence-electron chi connectivity index (χ3n) is 11.5. The maximum absolute atomic E-state index is 11.6. The predicted octanol–water partition coefficient (Wildman–Crippen LogP) is 6.00. The Labute approximate surface area is 199 Å². The van der Waals surface area contributed by atoms with Gasteiger partial charge in [0, 0.05) is 19.1 Å². The minimum Gasteiger partial charge on any atom is -0.393 e. The van der Waals surface area contributed by atoms with E-state index in [9.17, 15) is 5.11 Å². The molecule has 0 heterocycles. The maximum Gasteiger partial charge on any atom is 0.0577 e. The highest BCUT2D eigenvalue weighted by molar-refractivity contribution is 5.12. The first-order chi connectivity index (χ1) is 15.2. The topological polar surface area (TPSA) is 58.3 Å². The summed E-state index contributed by atoms with van der Waals surface area (Å²) in [4.78, 5) is 0. The Balaban J connectivity index is 1.46. The molecule has 4 rings (SSSR count). The molecule has 3 nitrogen and oxygen atoms in total. The number of nitrogens with one attached hydrogen (secondary N) is 1. The van der Waals surface area contributed by atoms with Gasteiger partial charge in [-0.1, -0.05) is 53.9 Å². The van der Waals surface area contributed by atoms with Crippen LogP contribution >= 0.6 is 0 Å². The highest BCUT2D eigenvalue weighted by Crippen LogP contribution is 2.68. The number of nitrogens with two attached hydrogens (primary N) is 1. The van der Waals surface area contributed by atoms with E-state index in [2.05, 4.69) is 39.9 Å². The van der Waals surface area contributed by atoms with Gasteiger partial charge in [-0.15, -0.1) is 0 Å². The zero-order valence-electron chi connectivity index (χ0n) is 21.9. The normalized spacial score (nSPS) is 47.1. The third-order valence-corrected chi connectivity index (χ3v) is 11.5. The second-order valence-electron chi connectivity index (χ2n) is 13.5. The summed E-state index contributed by atoms with van der Waals surface area (Å²) in [7, 11) is 0. The molecule has 0 aromatic heterocycles. The van der Waals surface area contributed by atoms with Gasteiger partial charge in [0.25, 0.3) is 0 Å². The summed E-state index contributed by atoms with van der Waals surface area (Å²) in [6.45, 7) is 14.2. The number of aliphatic hydroxyl groups is 1. The van der Waals surface area contributed by atoms with Gasteiger partial charge < -0.3 is 16.2 Å². The lowest BCUT2D eigenvalue weighted by Gasteiger charge is -2.62. The second-order valence-corrected chi connectivity index (χ2v) is 13.5. The fourth-order valence-electron chi connectivity index (χ4n) is 9.72. The second kappa shape index (κ2) is 9.86. The molecule has 3 heteroatoms. The van der Waals surface area contributed by atoms with E-state index in [4.69, 9.17) is 5.73 Å². The van der Waals surface area contributed by atoms with Crippen molar-refractivity contribution in [2.75, 3.05) is 13.1 Å². The zero-order chi connectivity index (χ0) is 23.1. The van der Waals surface area contributed by atoms with Crippen LogP contribution in [0, 0.1) is 52.3 Å². The summed E-state index contributed by atoms with van der Waals surface area (Å²) in [5, 5.41) is 15.3. The van der Waals surface area contributed by atoms with Gasteiger partial charge in [-0.25, -0.2) is 0 Å². The highest BCUT2D eigenvalue weighted by Gasteiger charge is 2.62. The van der Waals surface area contributed by atoms with Gasteiger partial charge in [-0.05, 0) is 104 Å². The summed E-state index contributed by atoms with van der Waals surface area (Å²) >= 11 is 0. The van der Waals surface area contributed by atoms with Crippen molar-refractivity contribution in [1.29, 1.82) is 0 Å². The van der Waals surface area contributed by atoms with Crippen LogP contribution in [0.15, 0.2) is 0 Å². The van der Waals surface area contributed by atoms with Crippen molar-refractivity contribution in [3.8, 4) is 0 Å². The third kappa shape index (κ3) is 4.44. The molecule has 0 bridgehead atoms. The highest BCUT2D eigenvalue weighted by atomic mass is 16.3. The summed E-state index contributed by atoms with van der Waals surface area (Å²) in [5.74, 6) is 5.26. The molecule has 0 aliphatic heterocycles. The van der Waals surface area contributed by atoms with E-state index in [-0.39, 0.29) is 6.10 Å². The molecule has 4 aliphatic rings. The van der Waals surface area contributed by atoms with Crippen LogP contribution in [0.3, 0.4) is 0 Å². The van der Waals surface area contributed by atoms with Gasteiger partial charge in [-0.3, -0.25) is 0 Å². The van der Waals surface area contributed by atoms with E-state index >= 15 is 0 Å². The number of hydrogen-bond donors (Lipinski definition) is 3. The molecule has 32 heavy (non-hydrogen) atoms. The smallest absolute Gasteiger partial charge is 0.0577 e. The number of hydrogen-bond acceptors (Lipinski definition) is 3. The molecule has 4 aliphatic carbocycles. The lowest BCUT2D eigenvalue weighted by Crippen LogP contribution is -2.59. The molecule has 4 saturated carbocycles. The molecule has 0 radical (unpaired) electrons. The van der Waals surface area contributed by atoms with E-state index < -0.39 is 0 Å². The summed E-state index contributed by atoms with van der Waals surface area (Å²) in [6, 6.07) is 0.608. The van der Waals surface area contributed by atoms with Crippen LogP contribution in [-0.4, -0.2) is 30.3 Å². The van der Waals surface area contributed by atoms with Crippen LogP contribution in [0.5, 0.6) is 0 Å². The zero-order valence-corrected chi connectivity index (χ0v) is 21.9. The minimum absolute atomic E-state index is 0.0778. The van der Waals surface area contributed by atoms with Crippen molar-refractivity contribution < 1.29 is 5.11 Å². The number of aliphatic hydroxyl groups excluding tert-OH is 1. The molecule has 0 saturated heterocycles. The van der Waals surface area contributed by atoms with Gasteiger partial charge >= 0.3 is 0 Å². The van der Waals surface area contributed by atoms with Crippen LogP contribution in [0.2, 0.25) is 0 Å². The lowest BCUT2D eigenvalue weighted by atomic mass is 9.43. The maximum atomic E-state index is 11.6. The predicted molar refractivity (Wildman–Crippen MR) is 135 cm³/mol. The Kier molecular flexibility index (Phi) is 7.70. The largest absolute Gasteiger partial charge is 0.393 e.